The third-order valence-electron chi connectivity index (χ3n) is 6.77. The molecule has 1 fully saturated rings. The third-order valence-corrected chi connectivity index (χ3v) is 7.85. The molecule has 0 unspecified atom stereocenters. The van der Waals surface area contributed by atoms with Crippen LogP contribution < -0.4 is 10.2 Å². The molecule has 3 amide bonds. The summed E-state index contributed by atoms with van der Waals surface area (Å²) in [6.07, 6.45) is 4.17. The molecule has 2 heterocycles. The Hall–Kier alpha value is -3.84. The van der Waals surface area contributed by atoms with Gasteiger partial charge in [0.25, 0.3) is 11.8 Å². The fourth-order valence-corrected chi connectivity index (χ4v) is 5.86. The fourth-order valence-electron chi connectivity index (χ4n) is 4.82. The van der Waals surface area contributed by atoms with Crippen LogP contribution in [-0.2, 0) is 16.1 Å². The number of hydrogen-bond acceptors (Lipinski definition) is 4. The van der Waals surface area contributed by atoms with Crippen molar-refractivity contribution in [2.45, 2.75) is 37.6 Å². The number of likely N-dealkylation sites (tertiary alicyclic amines) is 1. The average molecular weight is 526 g/mol. The minimum Gasteiger partial charge on any atom is -0.352 e. The van der Waals surface area contributed by atoms with E-state index in [1.807, 2.05) is 84.6 Å². The number of carbonyl (C=O) groups excluding carboxylic acids is 3. The summed E-state index contributed by atoms with van der Waals surface area (Å²) >= 11 is 1.43. The van der Waals surface area contributed by atoms with Crippen LogP contribution in [0.5, 0.6) is 0 Å². The number of nitrogens with zero attached hydrogens (tertiary/aromatic N) is 2. The Labute approximate surface area is 227 Å². The zero-order valence-electron chi connectivity index (χ0n) is 21.5. The van der Waals surface area contributed by atoms with Crippen molar-refractivity contribution in [2.75, 3.05) is 24.5 Å². The van der Waals surface area contributed by atoms with Gasteiger partial charge < -0.3 is 15.1 Å². The molecular weight excluding hydrogens is 494 g/mol. The van der Waals surface area contributed by atoms with Gasteiger partial charge in [-0.1, -0.05) is 71.9 Å². The molecule has 1 N–H and O–H groups in total. The van der Waals surface area contributed by atoms with Crippen molar-refractivity contribution < 1.29 is 14.4 Å². The fraction of sp³-hybridized carbons (Fsp3) is 0.258. The Balaban J connectivity index is 1.37. The van der Waals surface area contributed by atoms with Crippen LogP contribution in [0.4, 0.5) is 5.69 Å². The van der Waals surface area contributed by atoms with Gasteiger partial charge in [0.1, 0.15) is 0 Å². The Kier molecular flexibility index (Phi) is 7.94. The van der Waals surface area contributed by atoms with Crippen molar-refractivity contribution in [3.63, 3.8) is 0 Å². The number of amides is 3. The minimum atomic E-state index is -0.181. The number of fused-ring (bicyclic) bond motifs is 1. The minimum absolute atomic E-state index is 0.0827. The second kappa shape index (κ2) is 11.7. The molecule has 2 aliphatic heterocycles. The monoisotopic (exact) mass is 525 g/mol. The van der Waals surface area contributed by atoms with Crippen molar-refractivity contribution >= 4 is 41.2 Å². The van der Waals surface area contributed by atoms with E-state index < -0.39 is 0 Å². The van der Waals surface area contributed by atoms with Crippen LogP contribution in [0.3, 0.4) is 0 Å². The number of hydrogen-bond donors (Lipinski definition) is 1. The van der Waals surface area contributed by atoms with E-state index in [1.165, 1.54) is 11.8 Å². The topological polar surface area (TPSA) is 69.7 Å². The standard InChI is InChI=1S/C31H31N3O3S/c1-22-8-5-11-24(18-22)21-34-26-20-25(30(36)32-15-7-17-33-16-6-12-29(33)35)13-14-27(26)38-28(31(34)37)19-23-9-3-2-4-10-23/h2-5,8-11,13-14,18-20H,6-7,12,15-17,21H2,1H3,(H,32,36). The molecule has 3 aromatic rings. The summed E-state index contributed by atoms with van der Waals surface area (Å²) in [5.41, 5.74) is 4.38. The molecule has 0 aliphatic carbocycles. The van der Waals surface area contributed by atoms with Gasteiger partial charge in [-0.05, 0) is 55.2 Å². The number of thioether (sulfide) groups is 1. The van der Waals surface area contributed by atoms with E-state index in [0.717, 1.165) is 40.2 Å². The van der Waals surface area contributed by atoms with Gasteiger partial charge in [-0.2, -0.15) is 0 Å². The van der Waals surface area contributed by atoms with Crippen LogP contribution in [0.15, 0.2) is 82.6 Å². The lowest BCUT2D eigenvalue weighted by molar-refractivity contribution is -0.127. The Morgan fingerprint density at radius 3 is 2.63 bits per heavy atom. The number of benzene rings is 3. The molecule has 2 aliphatic rings. The smallest absolute Gasteiger partial charge is 0.265 e. The Morgan fingerprint density at radius 1 is 1.03 bits per heavy atom. The first-order chi connectivity index (χ1) is 18.5. The lowest BCUT2D eigenvalue weighted by Gasteiger charge is -2.31. The maximum atomic E-state index is 13.7. The van der Waals surface area contributed by atoms with Gasteiger partial charge in [0.05, 0.1) is 17.1 Å². The normalized spacial score (nSPS) is 16.2. The maximum absolute atomic E-state index is 13.7. The predicted octanol–water partition coefficient (Wildman–Crippen LogP) is 5.42. The van der Waals surface area contributed by atoms with E-state index in [9.17, 15) is 14.4 Å². The van der Waals surface area contributed by atoms with Gasteiger partial charge in [0.2, 0.25) is 5.91 Å². The molecule has 5 rings (SSSR count). The van der Waals surface area contributed by atoms with Gasteiger partial charge in [-0.25, -0.2) is 0 Å². The molecule has 0 spiro atoms. The second-order valence-electron chi connectivity index (χ2n) is 9.68. The molecular formula is C31H31N3O3S. The van der Waals surface area contributed by atoms with E-state index in [4.69, 9.17) is 0 Å². The summed E-state index contributed by atoms with van der Waals surface area (Å²) in [6, 6.07) is 23.5. The average Bonchev–Trinajstić information content (AvgIpc) is 3.33. The van der Waals surface area contributed by atoms with Crippen LogP contribution in [0.2, 0.25) is 0 Å². The zero-order valence-corrected chi connectivity index (χ0v) is 22.3. The van der Waals surface area contributed by atoms with Crippen LogP contribution in [-0.4, -0.2) is 42.3 Å². The van der Waals surface area contributed by atoms with E-state index in [2.05, 4.69) is 11.4 Å². The number of rotatable bonds is 8. The maximum Gasteiger partial charge on any atom is 0.265 e. The third kappa shape index (κ3) is 6.00. The molecule has 1 saturated heterocycles. The van der Waals surface area contributed by atoms with Crippen LogP contribution >= 0.6 is 11.8 Å². The number of carbonyl (C=O) groups is 3. The van der Waals surface area contributed by atoms with E-state index in [0.29, 0.717) is 42.9 Å². The van der Waals surface area contributed by atoms with Crippen molar-refractivity contribution in [3.8, 4) is 0 Å². The van der Waals surface area contributed by atoms with Gasteiger partial charge in [0, 0.05) is 36.5 Å². The van der Waals surface area contributed by atoms with Gasteiger partial charge in [-0.15, -0.1) is 0 Å². The van der Waals surface area contributed by atoms with Gasteiger partial charge in [0.15, 0.2) is 0 Å². The summed E-state index contributed by atoms with van der Waals surface area (Å²) < 4.78 is 0. The Bertz CT molecular complexity index is 1390. The summed E-state index contributed by atoms with van der Waals surface area (Å²) in [6.45, 7) is 4.41. The molecule has 0 atom stereocenters. The Morgan fingerprint density at radius 2 is 1.87 bits per heavy atom. The molecule has 38 heavy (non-hydrogen) atoms. The highest BCUT2D eigenvalue weighted by molar-refractivity contribution is 8.04. The van der Waals surface area contributed by atoms with Gasteiger partial charge >= 0.3 is 0 Å². The van der Waals surface area contributed by atoms with Crippen LogP contribution in [0.25, 0.3) is 6.08 Å². The highest BCUT2D eigenvalue weighted by Gasteiger charge is 2.30. The van der Waals surface area contributed by atoms with Crippen molar-refractivity contribution in [2.24, 2.45) is 0 Å². The predicted molar refractivity (Wildman–Crippen MR) is 152 cm³/mol. The summed E-state index contributed by atoms with van der Waals surface area (Å²) in [7, 11) is 0. The largest absolute Gasteiger partial charge is 0.352 e. The molecule has 7 heteroatoms. The molecule has 3 aromatic carbocycles. The first-order valence-electron chi connectivity index (χ1n) is 13.0. The number of aryl methyl sites for hydroxylation is 1. The number of anilines is 1. The molecule has 0 bridgehead atoms. The van der Waals surface area contributed by atoms with Crippen LogP contribution in [0, 0.1) is 6.92 Å². The van der Waals surface area contributed by atoms with Crippen LogP contribution in [0.1, 0.15) is 46.3 Å². The summed E-state index contributed by atoms with van der Waals surface area (Å²) in [5.74, 6) is -0.0672. The zero-order chi connectivity index (χ0) is 26.5. The molecule has 0 aromatic heterocycles. The first-order valence-corrected chi connectivity index (χ1v) is 13.8. The number of nitrogens with one attached hydrogen (secondary N) is 1. The second-order valence-corrected chi connectivity index (χ2v) is 10.8. The highest BCUT2D eigenvalue weighted by Crippen LogP contribution is 2.43. The SMILES string of the molecule is Cc1cccc(CN2C(=O)C(=Cc3ccccc3)Sc3ccc(C(=O)NCCCN4CCCC4=O)cc32)c1. The molecule has 194 valence electrons. The molecule has 0 saturated carbocycles. The van der Waals surface area contributed by atoms with Crippen molar-refractivity contribution in [1.29, 1.82) is 0 Å². The van der Waals surface area contributed by atoms with Crippen molar-refractivity contribution in [3.05, 3.63) is 100.0 Å². The van der Waals surface area contributed by atoms with E-state index in [1.54, 1.807) is 4.90 Å². The van der Waals surface area contributed by atoms with Crippen molar-refractivity contribution in [1.82, 2.24) is 10.2 Å². The summed E-state index contributed by atoms with van der Waals surface area (Å²) in [5, 5.41) is 2.97. The van der Waals surface area contributed by atoms with E-state index in [-0.39, 0.29) is 17.7 Å². The van der Waals surface area contributed by atoms with Gasteiger partial charge in [-0.3, -0.25) is 14.4 Å². The lowest BCUT2D eigenvalue weighted by atomic mass is 10.1. The summed E-state index contributed by atoms with van der Waals surface area (Å²) in [4.78, 5) is 43.7. The van der Waals surface area contributed by atoms with E-state index >= 15 is 0 Å². The lowest BCUT2D eigenvalue weighted by Crippen LogP contribution is -2.34. The highest BCUT2D eigenvalue weighted by atomic mass is 32.2. The molecule has 6 nitrogen and oxygen atoms in total. The quantitative estimate of drug-likeness (QED) is 0.315. The first kappa shape index (κ1) is 25.8. The molecule has 0 radical (unpaired) electrons.